The Morgan fingerprint density at radius 1 is 0.843 bits per heavy atom. The number of ether oxygens (including phenoxy) is 3. The minimum Gasteiger partial charge on any atom is -1.00 e. The van der Waals surface area contributed by atoms with Crippen LogP contribution in [0.4, 0.5) is 14.5 Å². The van der Waals surface area contributed by atoms with Crippen molar-refractivity contribution in [3.63, 3.8) is 0 Å². The Morgan fingerprint density at radius 3 is 2.22 bits per heavy atom. The summed E-state index contributed by atoms with van der Waals surface area (Å²) >= 11 is 0. The number of quaternary nitrogens is 1. The Kier molecular flexibility index (Phi) is 14.4. The van der Waals surface area contributed by atoms with Crippen molar-refractivity contribution >= 4 is 22.5 Å². The van der Waals surface area contributed by atoms with E-state index in [1.54, 1.807) is 48.9 Å². The molecule has 3 aromatic carbocycles. The SMILES string of the molecule is CCCOc1cc(OC)cc(-n2cc(C(=O)N(CC)c3cc(F)cc(F)c3)c(=O)c3ccc(OCCCCCC[N+]4(C)CCCCC4)cc32)c1.[Br-]. The molecule has 0 unspecified atom stereocenters. The van der Waals surface area contributed by atoms with Gasteiger partial charge in [0.05, 0.1) is 58.2 Å². The van der Waals surface area contributed by atoms with Gasteiger partial charge in [-0.25, -0.2) is 8.78 Å². The van der Waals surface area contributed by atoms with E-state index < -0.39 is 23.0 Å². The zero-order valence-electron chi connectivity index (χ0n) is 30.2. The van der Waals surface area contributed by atoms with Gasteiger partial charge in [-0.15, -0.1) is 0 Å². The van der Waals surface area contributed by atoms with Crippen molar-refractivity contribution in [1.29, 1.82) is 0 Å². The van der Waals surface area contributed by atoms with Crippen LogP contribution in [0, 0.1) is 11.6 Å². The fraction of sp³-hybridized carbons (Fsp3) is 0.450. The van der Waals surface area contributed by atoms with E-state index in [0.29, 0.717) is 41.7 Å². The van der Waals surface area contributed by atoms with Crippen LogP contribution in [0.2, 0.25) is 0 Å². The van der Waals surface area contributed by atoms with Gasteiger partial charge in [0.2, 0.25) is 5.43 Å². The molecule has 4 aromatic rings. The topological polar surface area (TPSA) is 70.0 Å². The maximum atomic E-state index is 14.2. The number of anilines is 1. The lowest BCUT2D eigenvalue weighted by Gasteiger charge is -2.37. The molecule has 1 aliphatic rings. The maximum Gasteiger partial charge on any atom is 0.263 e. The Labute approximate surface area is 310 Å². The minimum absolute atomic E-state index is 0. The number of halogens is 3. The summed E-state index contributed by atoms with van der Waals surface area (Å²) in [4.78, 5) is 29.2. The van der Waals surface area contributed by atoms with E-state index in [1.165, 1.54) is 67.3 Å². The molecular weight excluding hydrogens is 720 g/mol. The van der Waals surface area contributed by atoms with Gasteiger partial charge in [-0.2, -0.15) is 0 Å². The number of rotatable bonds is 16. The van der Waals surface area contributed by atoms with Gasteiger partial charge in [-0.05, 0) is 82.6 Å². The zero-order chi connectivity index (χ0) is 35.7. The Balaban J connectivity index is 0.00000583. The molecule has 11 heteroatoms. The Morgan fingerprint density at radius 2 is 1.53 bits per heavy atom. The van der Waals surface area contributed by atoms with Gasteiger partial charge in [0.25, 0.3) is 5.91 Å². The van der Waals surface area contributed by atoms with Gasteiger partial charge in [-0.1, -0.05) is 6.92 Å². The molecule has 5 rings (SSSR count). The van der Waals surface area contributed by atoms with Gasteiger partial charge in [-0.3, -0.25) is 9.59 Å². The molecule has 0 saturated carbocycles. The fourth-order valence-corrected chi connectivity index (χ4v) is 6.80. The molecule has 0 N–H and O–H groups in total. The van der Waals surface area contributed by atoms with Gasteiger partial charge in [0.1, 0.15) is 34.4 Å². The highest BCUT2D eigenvalue weighted by Gasteiger charge is 2.25. The molecule has 276 valence electrons. The van der Waals surface area contributed by atoms with Crippen LogP contribution in [0.1, 0.15) is 75.6 Å². The number of pyridine rings is 1. The molecule has 1 amide bonds. The number of hydrogen-bond acceptors (Lipinski definition) is 5. The van der Waals surface area contributed by atoms with E-state index >= 15 is 0 Å². The van der Waals surface area contributed by atoms with Gasteiger partial charge in [0, 0.05) is 54.1 Å². The van der Waals surface area contributed by atoms with E-state index in [4.69, 9.17) is 14.2 Å². The third-order valence-electron chi connectivity index (χ3n) is 9.54. The van der Waals surface area contributed by atoms with Crippen LogP contribution in [-0.4, -0.2) is 68.5 Å². The van der Waals surface area contributed by atoms with Crippen molar-refractivity contribution in [2.75, 3.05) is 58.5 Å². The first-order valence-electron chi connectivity index (χ1n) is 17.9. The number of methoxy groups -OCH3 is 1. The summed E-state index contributed by atoms with van der Waals surface area (Å²) in [5.41, 5.74) is 0.480. The number of amides is 1. The molecule has 0 radical (unpaired) electrons. The Hall–Kier alpha value is -3.96. The van der Waals surface area contributed by atoms with Gasteiger partial charge >= 0.3 is 0 Å². The smallest absolute Gasteiger partial charge is 0.263 e. The monoisotopic (exact) mass is 769 g/mol. The van der Waals surface area contributed by atoms with E-state index in [9.17, 15) is 18.4 Å². The third kappa shape index (κ3) is 10.1. The number of nitrogens with zero attached hydrogens (tertiary/aromatic N) is 3. The summed E-state index contributed by atoms with van der Waals surface area (Å²) in [5.74, 6) is -0.623. The predicted octanol–water partition coefficient (Wildman–Crippen LogP) is 5.31. The highest BCUT2D eigenvalue weighted by atomic mass is 79.9. The fourth-order valence-electron chi connectivity index (χ4n) is 6.80. The summed E-state index contributed by atoms with van der Waals surface area (Å²) in [6.07, 6.45) is 10.7. The Bertz CT molecular complexity index is 1820. The molecule has 51 heavy (non-hydrogen) atoms. The standard InChI is InChI=1S/C40H50F2N3O5.BrH/c1-5-19-49-35-25-32(24-34(26-35)48-4)44-28-37(40(47)43(6-2)31-22-29(41)21-30(42)23-31)39(46)36-15-14-33(27-38(36)44)50-20-13-8-7-10-16-45(3)17-11-9-12-18-45;/h14-15,21-28H,5-13,16-20H2,1-4H3;1H/q+1;/p-1. The molecule has 1 aliphatic heterocycles. The van der Waals surface area contributed by atoms with Crippen LogP contribution in [0.3, 0.4) is 0 Å². The second-order valence-corrected chi connectivity index (χ2v) is 13.4. The van der Waals surface area contributed by atoms with E-state index in [2.05, 4.69) is 7.05 Å². The van der Waals surface area contributed by atoms with Crippen molar-refractivity contribution in [2.45, 2.75) is 65.2 Å². The first-order chi connectivity index (χ1) is 24.1. The van der Waals surface area contributed by atoms with Crippen LogP contribution in [0.25, 0.3) is 16.6 Å². The van der Waals surface area contributed by atoms with Crippen molar-refractivity contribution < 1.29 is 49.3 Å². The molecule has 1 fully saturated rings. The lowest BCUT2D eigenvalue weighted by atomic mass is 10.1. The number of carbonyl (C=O) groups is 1. The average molecular weight is 771 g/mol. The number of aromatic nitrogens is 1. The summed E-state index contributed by atoms with van der Waals surface area (Å²) in [5, 5.41) is 0.290. The summed E-state index contributed by atoms with van der Waals surface area (Å²) in [6, 6.07) is 13.5. The van der Waals surface area contributed by atoms with Crippen molar-refractivity contribution in [2.24, 2.45) is 0 Å². The minimum atomic E-state index is -0.821. The van der Waals surface area contributed by atoms with Crippen molar-refractivity contribution in [3.05, 3.63) is 88.2 Å². The molecule has 0 aliphatic carbocycles. The number of piperidine rings is 1. The number of unbranched alkanes of at least 4 members (excludes halogenated alkanes) is 3. The summed E-state index contributed by atoms with van der Waals surface area (Å²) in [6.45, 7) is 8.62. The molecule has 1 saturated heterocycles. The van der Waals surface area contributed by atoms with Crippen molar-refractivity contribution in [1.82, 2.24) is 4.57 Å². The zero-order valence-corrected chi connectivity index (χ0v) is 31.8. The van der Waals surface area contributed by atoms with Crippen molar-refractivity contribution in [3.8, 4) is 22.9 Å². The first kappa shape index (κ1) is 39.8. The van der Waals surface area contributed by atoms with E-state index in [0.717, 1.165) is 37.5 Å². The lowest BCUT2D eigenvalue weighted by molar-refractivity contribution is -0.914. The number of carbonyl (C=O) groups excluding carboxylic acids is 1. The van der Waals surface area contributed by atoms with Crippen LogP contribution in [0.15, 0.2) is 65.6 Å². The van der Waals surface area contributed by atoms with Gasteiger partial charge < -0.3 is 45.1 Å². The van der Waals surface area contributed by atoms with Crippen LogP contribution in [0.5, 0.6) is 17.2 Å². The highest BCUT2D eigenvalue weighted by Crippen LogP contribution is 2.30. The predicted molar refractivity (Wildman–Crippen MR) is 194 cm³/mol. The molecule has 8 nitrogen and oxygen atoms in total. The number of benzene rings is 3. The van der Waals surface area contributed by atoms with Crippen LogP contribution >= 0.6 is 0 Å². The highest BCUT2D eigenvalue weighted by molar-refractivity contribution is 6.07. The molecule has 0 spiro atoms. The third-order valence-corrected chi connectivity index (χ3v) is 9.54. The van der Waals surface area contributed by atoms with Crippen LogP contribution < -0.4 is 41.5 Å². The van der Waals surface area contributed by atoms with E-state index in [1.807, 2.05) is 13.0 Å². The molecule has 1 aromatic heterocycles. The number of likely N-dealkylation sites (tertiary alicyclic amines) is 1. The van der Waals surface area contributed by atoms with E-state index in [-0.39, 0.29) is 40.2 Å². The summed E-state index contributed by atoms with van der Waals surface area (Å²) < 4.78 is 49.0. The quantitative estimate of drug-likeness (QED) is 0.114. The lowest BCUT2D eigenvalue weighted by Crippen LogP contribution is -3.00. The average Bonchev–Trinajstić information content (AvgIpc) is 3.10. The maximum absolute atomic E-state index is 14.2. The molecule has 0 atom stereocenters. The summed E-state index contributed by atoms with van der Waals surface area (Å²) in [7, 11) is 3.94. The normalized spacial score (nSPS) is 13.8. The first-order valence-corrected chi connectivity index (χ1v) is 17.9. The van der Waals surface area contributed by atoms with Gasteiger partial charge in [0.15, 0.2) is 0 Å². The second-order valence-electron chi connectivity index (χ2n) is 13.4. The second kappa shape index (κ2) is 18.5. The number of hydrogen-bond donors (Lipinski definition) is 0. The molecule has 2 heterocycles. The van der Waals surface area contributed by atoms with Crippen LogP contribution in [-0.2, 0) is 0 Å². The molecule has 0 bridgehead atoms. The number of fused-ring (bicyclic) bond motifs is 1. The molecular formula is C40H50BrF2N3O5. The largest absolute Gasteiger partial charge is 1.00 e.